The van der Waals surface area contributed by atoms with E-state index in [0.717, 1.165) is 24.3 Å². The van der Waals surface area contributed by atoms with E-state index in [1.165, 1.54) is 0 Å². The Balaban J connectivity index is 0.973. The highest BCUT2D eigenvalue weighted by Crippen LogP contribution is 2.33. The number of nitrogens with two attached hydrogens (primary N) is 2. The Morgan fingerprint density at radius 2 is 1.17 bits per heavy atom. The number of aliphatic hydroxyl groups excluding tert-OH is 2. The van der Waals surface area contributed by atoms with Gasteiger partial charge in [-0.3, -0.25) is 0 Å². The quantitative estimate of drug-likeness (QED) is 0.0730. The minimum Gasteiger partial charge on any atom is -0.396 e. The van der Waals surface area contributed by atoms with E-state index < -0.39 is 0 Å². The second-order valence-corrected chi connectivity index (χ2v) is 13.0. The topological polar surface area (TPSA) is 204 Å². The Morgan fingerprint density at radius 1 is 0.714 bits per heavy atom. The van der Waals surface area contributed by atoms with Crippen LogP contribution in [0.4, 0.5) is 23.5 Å². The molecular formula is C26H34N12O2S2. The van der Waals surface area contributed by atoms with Gasteiger partial charge in [0.1, 0.15) is 0 Å². The highest BCUT2D eigenvalue weighted by atomic mass is 33.1. The molecule has 2 aliphatic carbocycles. The Bertz CT molecular complexity index is 1490. The second kappa shape index (κ2) is 12.7. The lowest BCUT2D eigenvalue weighted by molar-refractivity contribution is 0.244. The van der Waals surface area contributed by atoms with Crippen LogP contribution in [0.25, 0.3) is 22.3 Å². The van der Waals surface area contributed by atoms with Crippen LogP contribution in [0.2, 0.25) is 0 Å². The van der Waals surface area contributed by atoms with Crippen molar-refractivity contribution in [2.24, 2.45) is 11.8 Å². The number of nitrogens with zero attached hydrogens (tertiary/aromatic N) is 8. The average Bonchev–Trinajstić information content (AvgIpc) is 3.79. The van der Waals surface area contributed by atoms with Gasteiger partial charge in [-0.15, -0.1) is 0 Å². The zero-order valence-electron chi connectivity index (χ0n) is 22.9. The summed E-state index contributed by atoms with van der Waals surface area (Å²) in [5.74, 6) is 3.61. The summed E-state index contributed by atoms with van der Waals surface area (Å²) >= 11 is 0. The maximum absolute atomic E-state index is 9.46. The second-order valence-electron chi connectivity index (χ2n) is 10.3. The summed E-state index contributed by atoms with van der Waals surface area (Å²) in [6.45, 7) is 1.63. The Labute approximate surface area is 249 Å². The summed E-state index contributed by atoms with van der Waals surface area (Å²) in [5, 5.41) is 25.6. The fraction of sp³-hybridized carbons (Fsp3) is 0.462. The third-order valence-corrected chi connectivity index (χ3v) is 9.81. The molecule has 0 aliphatic heterocycles. The van der Waals surface area contributed by atoms with Gasteiger partial charge in [-0.2, -0.15) is 19.9 Å². The standard InChI is InChI=1S/C26H34N12O2S2/c27-25-33-21(19-23(35-25)37(13-31-19)17-3-1-15(9-17)11-39)29-5-7-41-42-8-6-30-22-20-24(36-26(28)34-22)38(14-32-20)18-4-2-16(10-18)12-40/h1-4,13-18,39-40H,5-12H2,(H3,27,29,33,35)(H3,28,30,34,36)/t15-,16-,17+,18+/m1/s1. The van der Waals surface area contributed by atoms with Gasteiger partial charge in [0.15, 0.2) is 34.0 Å². The van der Waals surface area contributed by atoms with E-state index in [1.54, 1.807) is 34.2 Å². The number of imidazole rings is 2. The van der Waals surface area contributed by atoms with Crippen molar-refractivity contribution in [1.82, 2.24) is 39.0 Å². The van der Waals surface area contributed by atoms with Crippen molar-refractivity contribution in [3.8, 4) is 0 Å². The summed E-state index contributed by atoms with van der Waals surface area (Å²) in [4.78, 5) is 26.7. The van der Waals surface area contributed by atoms with Crippen LogP contribution < -0.4 is 22.1 Å². The maximum Gasteiger partial charge on any atom is 0.224 e. The van der Waals surface area contributed by atoms with E-state index >= 15 is 0 Å². The minimum atomic E-state index is 0.0875. The van der Waals surface area contributed by atoms with E-state index in [1.807, 2.05) is 21.3 Å². The van der Waals surface area contributed by atoms with Crippen molar-refractivity contribution < 1.29 is 10.2 Å². The highest BCUT2D eigenvalue weighted by molar-refractivity contribution is 8.76. The van der Waals surface area contributed by atoms with Crippen LogP contribution in [0.3, 0.4) is 0 Å². The molecular weight excluding hydrogens is 577 g/mol. The molecule has 0 saturated heterocycles. The number of aliphatic hydroxyl groups is 2. The van der Waals surface area contributed by atoms with Crippen molar-refractivity contribution in [2.75, 3.05) is 59.9 Å². The average molecular weight is 611 g/mol. The van der Waals surface area contributed by atoms with Crippen LogP contribution in [0.15, 0.2) is 37.0 Å². The number of rotatable bonds is 13. The summed E-state index contributed by atoms with van der Waals surface area (Å²) < 4.78 is 3.98. The highest BCUT2D eigenvalue weighted by Gasteiger charge is 2.24. The molecule has 0 saturated carbocycles. The number of anilines is 4. The Kier molecular flexibility index (Phi) is 8.64. The van der Waals surface area contributed by atoms with Crippen molar-refractivity contribution in [3.05, 3.63) is 37.0 Å². The molecule has 6 rings (SSSR count). The van der Waals surface area contributed by atoms with E-state index in [2.05, 4.69) is 52.7 Å². The molecule has 2 aliphatic rings. The van der Waals surface area contributed by atoms with Gasteiger partial charge in [-0.05, 0) is 12.8 Å². The molecule has 16 heteroatoms. The number of fused-ring (bicyclic) bond motifs is 2. The first-order valence-corrected chi connectivity index (χ1v) is 16.3. The zero-order valence-corrected chi connectivity index (χ0v) is 24.5. The molecule has 8 N–H and O–H groups in total. The molecule has 4 heterocycles. The van der Waals surface area contributed by atoms with Crippen LogP contribution in [-0.2, 0) is 0 Å². The molecule has 0 fully saturated rings. The SMILES string of the molecule is Nc1nc(NCCSSCCNc2nc(N)nc3c2ncn3[C@H]2C=C[C@@H](CO)C2)c2ncn([C@H]3C=C[C@@H](CO)C3)c2n1. The molecule has 0 amide bonds. The molecule has 0 bridgehead atoms. The normalized spacial score (nSPS) is 21.7. The van der Waals surface area contributed by atoms with Gasteiger partial charge in [-0.25, -0.2) is 9.97 Å². The third-order valence-electron chi connectivity index (χ3n) is 7.40. The van der Waals surface area contributed by atoms with Crippen molar-refractivity contribution in [1.29, 1.82) is 0 Å². The van der Waals surface area contributed by atoms with Crippen molar-refractivity contribution in [2.45, 2.75) is 24.9 Å². The fourth-order valence-electron chi connectivity index (χ4n) is 5.33. The third kappa shape index (κ3) is 5.97. The van der Waals surface area contributed by atoms with Crippen LogP contribution >= 0.6 is 21.6 Å². The van der Waals surface area contributed by atoms with Gasteiger partial charge in [0, 0.05) is 49.6 Å². The van der Waals surface area contributed by atoms with E-state index in [9.17, 15) is 10.2 Å². The zero-order chi connectivity index (χ0) is 29.1. The number of allylic oxidation sites excluding steroid dienone is 2. The predicted octanol–water partition coefficient (Wildman–Crippen LogP) is 2.25. The molecule has 0 unspecified atom stereocenters. The van der Waals surface area contributed by atoms with Gasteiger partial charge in [0.05, 0.1) is 24.7 Å². The lowest BCUT2D eigenvalue weighted by Gasteiger charge is -2.13. The van der Waals surface area contributed by atoms with Gasteiger partial charge in [-0.1, -0.05) is 45.9 Å². The molecule has 4 atom stereocenters. The summed E-state index contributed by atoms with van der Waals surface area (Å²) in [6.07, 6.45) is 13.4. The van der Waals surface area contributed by atoms with Gasteiger partial charge in [0.25, 0.3) is 0 Å². The fourth-order valence-corrected chi connectivity index (χ4v) is 7.14. The van der Waals surface area contributed by atoms with Crippen LogP contribution in [-0.4, -0.2) is 87.1 Å². The Hall–Kier alpha value is -3.60. The molecule has 0 radical (unpaired) electrons. The summed E-state index contributed by atoms with van der Waals surface area (Å²) in [7, 11) is 3.50. The molecule has 222 valence electrons. The van der Waals surface area contributed by atoms with Gasteiger partial charge in [0.2, 0.25) is 11.9 Å². The van der Waals surface area contributed by atoms with Gasteiger partial charge < -0.3 is 41.4 Å². The molecule has 4 aromatic heterocycles. The molecule has 42 heavy (non-hydrogen) atoms. The van der Waals surface area contributed by atoms with E-state index in [0.29, 0.717) is 47.1 Å². The van der Waals surface area contributed by atoms with Crippen molar-refractivity contribution in [3.63, 3.8) is 0 Å². The Morgan fingerprint density at radius 3 is 1.57 bits per heavy atom. The summed E-state index contributed by atoms with van der Waals surface area (Å²) in [5.41, 5.74) is 14.8. The maximum atomic E-state index is 9.46. The number of nitrogens with one attached hydrogen (secondary N) is 2. The minimum absolute atomic E-state index is 0.0875. The number of hydrogen-bond acceptors (Lipinski definition) is 14. The first-order valence-electron chi connectivity index (χ1n) is 13.8. The molecule has 14 nitrogen and oxygen atoms in total. The van der Waals surface area contributed by atoms with Crippen LogP contribution in [0, 0.1) is 11.8 Å². The van der Waals surface area contributed by atoms with E-state index in [-0.39, 0.29) is 49.0 Å². The van der Waals surface area contributed by atoms with Crippen LogP contribution in [0.1, 0.15) is 24.9 Å². The molecule has 0 aromatic carbocycles. The molecule has 4 aromatic rings. The number of hydrogen-bond donors (Lipinski definition) is 6. The smallest absolute Gasteiger partial charge is 0.224 e. The predicted molar refractivity (Wildman–Crippen MR) is 168 cm³/mol. The van der Waals surface area contributed by atoms with Crippen molar-refractivity contribution >= 4 is 67.4 Å². The largest absolute Gasteiger partial charge is 0.396 e. The monoisotopic (exact) mass is 610 g/mol. The van der Waals surface area contributed by atoms with E-state index in [4.69, 9.17) is 11.5 Å². The number of nitrogen functional groups attached to an aromatic ring is 2. The lowest BCUT2D eigenvalue weighted by Crippen LogP contribution is -2.11. The first-order chi connectivity index (χ1) is 20.5. The number of aromatic nitrogens is 8. The molecule has 0 spiro atoms. The first kappa shape index (κ1) is 28.5. The van der Waals surface area contributed by atoms with Gasteiger partial charge >= 0.3 is 0 Å². The lowest BCUT2D eigenvalue weighted by atomic mass is 10.1. The van der Waals surface area contributed by atoms with Crippen LogP contribution in [0.5, 0.6) is 0 Å². The summed E-state index contributed by atoms with van der Waals surface area (Å²) in [6, 6.07) is 0.175.